The van der Waals surface area contributed by atoms with Gasteiger partial charge in [0.15, 0.2) is 17.2 Å². The van der Waals surface area contributed by atoms with Crippen LogP contribution in [0.3, 0.4) is 0 Å². The number of imidazole rings is 1. The van der Waals surface area contributed by atoms with Gasteiger partial charge in [-0.1, -0.05) is 6.07 Å². The van der Waals surface area contributed by atoms with Crippen LogP contribution in [0.4, 0.5) is 39.5 Å². The summed E-state index contributed by atoms with van der Waals surface area (Å²) in [5, 5.41) is 0. The van der Waals surface area contributed by atoms with Gasteiger partial charge in [0.2, 0.25) is 0 Å². The molecule has 4 aromatic rings. The van der Waals surface area contributed by atoms with Crippen LogP contribution in [0.1, 0.15) is 17.0 Å². The molecule has 0 fully saturated rings. The average molecular weight is 617 g/mol. The average Bonchev–Trinajstić information content (AvgIpc) is 3.07. The van der Waals surface area contributed by atoms with Gasteiger partial charge in [0, 0.05) is 47.0 Å². The highest BCUT2D eigenvalue weighted by molar-refractivity contribution is 14.1. The van der Waals surface area contributed by atoms with Crippen molar-refractivity contribution in [3.63, 3.8) is 0 Å². The van der Waals surface area contributed by atoms with E-state index in [9.17, 15) is 39.5 Å². The van der Waals surface area contributed by atoms with Crippen LogP contribution < -0.4 is 0 Å². The summed E-state index contributed by atoms with van der Waals surface area (Å²) in [7, 11) is 1.22. The molecule has 15 heteroatoms. The summed E-state index contributed by atoms with van der Waals surface area (Å²) in [4.78, 5) is 14.4. The number of fused-ring (bicyclic) bond motifs is 1. The molecule has 35 heavy (non-hydrogen) atoms. The minimum atomic E-state index is -5.06. The molecule has 0 spiro atoms. The van der Waals surface area contributed by atoms with E-state index in [0.29, 0.717) is 18.3 Å². The fourth-order valence-electron chi connectivity index (χ4n) is 3.20. The minimum absolute atomic E-state index is 0.243. The number of benzene rings is 1. The maximum Gasteiger partial charge on any atom is 0.435 e. The third-order valence-electron chi connectivity index (χ3n) is 4.84. The normalized spacial score (nSPS) is 13.0. The molecule has 0 saturated heterocycles. The van der Waals surface area contributed by atoms with Crippen LogP contribution >= 0.6 is 22.6 Å². The molecule has 0 aliphatic carbocycles. The van der Waals surface area contributed by atoms with Gasteiger partial charge in [0.25, 0.3) is 0 Å². The number of aromatic nitrogens is 5. The molecule has 0 bridgehead atoms. The Kier molecular flexibility index (Phi) is 5.96. The number of aryl methyl sites for hydroxylation is 1. The van der Waals surface area contributed by atoms with Gasteiger partial charge >= 0.3 is 16.3 Å². The van der Waals surface area contributed by atoms with Crippen molar-refractivity contribution < 1.29 is 39.5 Å². The lowest BCUT2D eigenvalue weighted by atomic mass is 10.1. The van der Waals surface area contributed by atoms with Crippen molar-refractivity contribution in [3.8, 4) is 22.8 Å². The Bertz CT molecular complexity index is 1420. The minimum Gasteiger partial charge on any atom is -0.312 e. The standard InChI is InChI=1S/C20H9F9IN5/c1-35-16(10-4-3-9(6-11(10)21)20(28,29)30)32-13-14(19(25,26)27)33-15(34-17(13)35)8-2-5-12(31-7-8)18(22,23)24/h2-7H,1H3. The van der Waals surface area contributed by atoms with Crippen LogP contribution in [0.25, 0.3) is 33.9 Å². The number of hydrogen-bond acceptors (Lipinski definition) is 4. The largest absolute Gasteiger partial charge is 0.435 e. The predicted octanol–water partition coefficient (Wildman–Crippen LogP) is 6.75. The Labute approximate surface area is 203 Å². The Morgan fingerprint density at radius 3 is 2.06 bits per heavy atom. The molecular formula is C20H9F9IN5. The van der Waals surface area contributed by atoms with Crippen LogP contribution in [-0.2, 0) is 23.3 Å². The van der Waals surface area contributed by atoms with Gasteiger partial charge in [0.1, 0.15) is 22.9 Å². The van der Waals surface area contributed by atoms with E-state index >= 15 is 0 Å². The molecule has 0 saturated carbocycles. The summed E-state index contributed by atoms with van der Waals surface area (Å²) in [5.74, 6) is -2.12. The topological polar surface area (TPSA) is 56.5 Å². The quantitative estimate of drug-likeness (QED) is 0.145. The lowest BCUT2D eigenvalue weighted by molar-refractivity contribution is -0.141. The molecule has 0 amide bonds. The van der Waals surface area contributed by atoms with Gasteiger partial charge in [-0.15, -0.1) is 0 Å². The smallest absolute Gasteiger partial charge is 0.312 e. The summed E-state index contributed by atoms with van der Waals surface area (Å²) < 4.78 is 119. The number of pyridine rings is 1. The zero-order valence-electron chi connectivity index (χ0n) is 17.0. The SMILES string of the molecule is Cn1c(-c2ccc(C(F)(F)I)cc2F)nc2c(C(F)(F)F)nc(-c3ccc(C(F)(F)F)nc3)nc21. The van der Waals surface area contributed by atoms with E-state index in [1.807, 2.05) is 0 Å². The molecule has 0 radical (unpaired) electrons. The highest BCUT2D eigenvalue weighted by Gasteiger charge is 2.38. The fraction of sp³-hybridized carbons (Fsp3) is 0.200. The van der Waals surface area contributed by atoms with E-state index < -0.39 is 56.0 Å². The van der Waals surface area contributed by atoms with E-state index in [0.717, 1.165) is 45.4 Å². The Balaban J connectivity index is 1.92. The lowest BCUT2D eigenvalue weighted by Crippen LogP contribution is -2.12. The van der Waals surface area contributed by atoms with Crippen molar-refractivity contribution in [1.29, 1.82) is 0 Å². The number of halogens is 10. The van der Waals surface area contributed by atoms with E-state index in [1.165, 1.54) is 7.05 Å². The Morgan fingerprint density at radius 2 is 1.54 bits per heavy atom. The first kappa shape index (κ1) is 25.1. The zero-order chi connectivity index (χ0) is 25.9. The first-order valence-corrected chi connectivity index (χ1v) is 10.4. The lowest BCUT2D eigenvalue weighted by Gasteiger charge is -2.11. The Morgan fingerprint density at radius 1 is 0.857 bits per heavy atom. The van der Waals surface area contributed by atoms with Crippen molar-refractivity contribution in [2.24, 2.45) is 7.05 Å². The van der Waals surface area contributed by atoms with Crippen LogP contribution in [0.5, 0.6) is 0 Å². The van der Waals surface area contributed by atoms with Gasteiger partial charge in [0.05, 0.1) is 5.56 Å². The molecule has 5 nitrogen and oxygen atoms in total. The van der Waals surface area contributed by atoms with E-state index in [1.54, 1.807) is 0 Å². The first-order valence-electron chi connectivity index (χ1n) is 9.30. The van der Waals surface area contributed by atoms with Crippen molar-refractivity contribution in [3.05, 3.63) is 59.3 Å². The maximum atomic E-state index is 14.6. The third kappa shape index (κ3) is 4.77. The molecule has 0 aliphatic rings. The molecule has 0 atom stereocenters. The van der Waals surface area contributed by atoms with Crippen molar-refractivity contribution in [2.45, 2.75) is 16.3 Å². The number of rotatable bonds is 3. The van der Waals surface area contributed by atoms with Crippen LogP contribution in [0.15, 0.2) is 36.5 Å². The Hall–Kier alpha value is -2.98. The molecule has 4 rings (SSSR count). The van der Waals surface area contributed by atoms with Gasteiger partial charge in [-0.3, -0.25) is 4.98 Å². The summed E-state index contributed by atoms with van der Waals surface area (Å²) in [5.41, 5.74) is -5.24. The maximum absolute atomic E-state index is 14.6. The molecule has 0 unspecified atom stereocenters. The molecule has 0 aliphatic heterocycles. The number of alkyl halides is 9. The van der Waals surface area contributed by atoms with Gasteiger partial charge in [-0.25, -0.2) is 19.3 Å². The highest BCUT2D eigenvalue weighted by atomic mass is 127. The monoisotopic (exact) mass is 617 g/mol. The second kappa shape index (κ2) is 8.30. The zero-order valence-corrected chi connectivity index (χ0v) is 19.1. The molecule has 3 heterocycles. The van der Waals surface area contributed by atoms with Crippen molar-refractivity contribution >= 4 is 33.8 Å². The second-order valence-corrected chi connectivity index (χ2v) is 8.54. The van der Waals surface area contributed by atoms with Gasteiger partial charge in [-0.05, 0) is 24.3 Å². The molecule has 184 valence electrons. The van der Waals surface area contributed by atoms with E-state index in [2.05, 4.69) is 19.9 Å². The fourth-order valence-corrected chi connectivity index (χ4v) is 3.53. The second-order valence-electron chi connectivity index (χ2n) is 7.18. The summed E-state index contributed by atoms with van der Waals surface area (Å²) in [6, 6.07) is 3.80. The first-order chi connectivity index (χ1) is 16.1. The summed E-state index contributed by atoms with van der Waals surface area (Å²) in [6.07, 6.45) is -9.16. The molecule has 3 aromatic heterocycles. The highest BCUT2D eigenvalue weighted by Crippen LogP contribution is 2.39. The number of hydrogen-bond donors (Lipinski definition) is 0. The van der Waals surface area contributed by atoms with Crippen LogP contribution in [0, 0.1) is 5.82 Å². The van der Waals surface area contributed by atoms with Crippen molar-refractivity contribution in [2.75, 3.05) is 0 Å². The third-order valence-corrected chi connectivity index (χ3v) is 5.46. The summed E-state index contributed by atoms with van der Waals surface area (Å²) in [6.45, 7) is 0. The van der Waals surface area contributed by atoms with Gasteiger partial charge in [-0.2, -0.15) is 35.1 Å². The van der Waals surface area contributed by atoms with Gasteiger partial charge < -0.3 is 4.57 Å². The molecule has 0 N–H and O–H groups in total. The molecular weight excluding hydrogens is 608 g/mol. The van der Waals surface area contributed by atoms with Crippen LogP contribution in [-0.4, -0.2) is 24.5 Å². The van der Waals surface area contributed by atoms with E-state index in [4.69, 9.17) is 0 Å². The summed E-state index contributed by atoms with van der Waals surface area (Å²) >= 11 is 0.800. The number of nitrogens with zero attached hydrogens (tertiary/aromatic N) is 5. The van der Waals surface area contributed by atoms with Crippen molar-refractivity contribution in [1.82, 2.24) is 24.5 Å². The van der Waals surface area contributed by atoms with Crippen LogP contribution in [0.2, 0.25) is 0 Å². The van der Waals surface area contributed by atoms with E-state index in [-0.39, 0.29) is 17.0 Å². The predicted molar refractivity (Wildman–Crippen MR) is 113 cm³/mol. The molecule has 1 aromatic carbocycles.